The molecule has 11 heteroatoms. The number of aryl methyl sites for hydroxylation is 2. The fourth-order valence-electron chi connectivity index (χ4n) is 4.66. The molecule has 5 rings (SSSR count). The van der Waals surface area contributed by atoms with E-state index in [9.17, 15) is 13.2 Å². The van der Waals surface area contributed by atoms with Crippen LogP contribution in [0.3, 0.4) is 0 Å². The van der Waals surface area contributed by atoms with E-state index in [1.54, 1.807) is 59.9 Å². The highest BCUT2D eigenvalue weighted by Gasteiger charge is 2.21. The number of carbonyl (C=O) groups excluding carboxylic acids is 1. The summed E-state index contributed by atoms with van der Waals surface area (Å²) in [5.74, 6) is -0.230. The van der Waals surface area contributed by atoms with E-state index < -0.39 is 10.0 Å². The standard InChI is InChI=1S/C29H33N5O3S2.ClH/c1-3-22-6-5-9-26-27(22)31-29(38-26)34-18-16-33(17-19-34)15-14-30-28(35)23-7-4-8-24(20-23)32-39(36,37)25-12-10-21(2)11-13-25;/h4-13,20,32H,3,14-19H2,1-2H3,(H,30,35);1H. The number of sulfonamides is 1. The first-order chi connectivity index (χ1) is 18.8. The van der Waals surface area contributed by atoms with E-state index in [0.717, 1.165) is 55.4 Å². The van der Waals surface area contributed by atoms with Gasteiger partial charge in [-0.2, -0.15) is 0 Å². The molecular weight excluding hydrogens is 566 g/mol. The van der Waals surface area contributed by atoms with E-state index in [2.05, 4.69) is 45.0 Å². The average Bonchev–Trinajstić information content (AvgIpc) is 3.38. The molecule has 1 amide bonds. The lowest BCUT2D eigenvalue weighted by Gasteiger charge is -2.34. The molecule has 0 radical (unpaired) electrons. The molecule has 1 aromatic heterocycles. The number of fused-ring (bicyclic) bond motifs is 1. The van der Waals surface area contributed by atoms with Gasteiger partial charge in [0.05, 0.1) is 15.1 Å². The number of para-hydroxylation sites is 1. The van der Waals surface area contributed by atoms with Crippen LogP contribution in [0.25, 0.3) is 10.2 Å². The molecule has 0 spiro atoms. The van der Waals surface area contributed by atoms with Crippen LogP contribution in [0, 0.1) is 6.92 Å². The van der Waals surface area contributed by atoms with Gasteiger partial charge >= 0.3 is 0 Å². The van der Waals surface area contributed by atoms with E-state index in [0.29, 0.717) is 17.8 Å². The number of anilines is 2. The monoisotopic (exact) mass is 599 g/mol. The Balaban J connectivity index is 0.00000370. The molecule has 8 nitrogen and oxygen atoms in total. The Kier molecular flexibility index (Phi) is 9.68. The fourth-order valence-corrected chi connectivity index (χ4v) is 6.78. The van der Waals surface area contributed by atoms with Crippen molar-refractivity contribution in [1.82, 2.24) is 15.2 Å². The smallest absolute Gasteiger partial charge is 0.261 e. The highest BCUT2D eigenvalue weighted by atomic mass is 35.5. The lowest BCUT2D eigenvalue weighted by atomic mass is 10.1. The summed E-state index contributed by atoms with van der Waals surface area (Å²) >= 11 is 1.75. The summed E-state index contributed by atoms with van der Waals surface area (Å²) in [5, 5.41) is 4.05. The molecule has 1 fully saturated rings. The van der Waals surface area contributed by atoms with E-state index in [4.69, 9.17) is 4.98 Å². The van der Waals surface area contributed by atoms with E-state index in [1.165, 1.54) is 10.3 Å². The lowest BCUT2D eigenvalue weighted by molar-refractivity contribution is 0.0948. The molecule has 40 heavy (non-hydrogen) atoms. The zero-order valence-corrected chi connectivity index (χ0v) is 25.0. The molecule has 4 aromatic rings. The predicted octanol–water partition coefficient (Wildman–Crippen LogP) is 4.94. The number of benzene rings is 3. The number of halogens is 1. The van der Waals surface area contributed by atoms with Crippen LogP contribution < -0.4 is 14.9 Å². The molecule has 1 saturated heterocycles. The first-order valence-electron chi connectivity index (χ1n) is 13.2. The molecule has 0 unspecified atom stereocenters. The minimum Gasteiger partial charge on any atom is -0.351 e. The summed E-state index contributed by atoms with van der Waals surface area (Å²) in [7, 11) is -3.74. The van der Waals surface area contributed by atoms with Crippen molar-refractivity contribution >= 4 is 60.7 Å². The van der Waals surface area contributed by atoms with E-state index in [1.807, 2.05) is 6.92 Å². The number of hydrogen-bond acceptors (Lipinski definition) is 7. The van der Waals surface area contributed by atoms with E-state index >= 15 is 0 Å². The van der Waals surface area contributed by atoms with Gasteiger partial charge in [0.25, 0.3) is 15.9 Å². The first-order valence-corrected chi connectivity index (χ1v) is 15.5. The number of hydrogen-bond donors (Lipinski definition) is 2. The normalized spacial score (nSPS) is 14.1. The number of carbonyl (C=O) groups is 1. The SMILES string of the molecule is CCc1cccc2sc(N3CCN(CCNC(=O)c4cccc(NS(=O)(=O)c5ccc(C)cc5)c4)CC3)nc12.Cl. The third kappa shape index (κ3) is 6.93. The van der Waals surface area contributed by atoms with Gasteiger partial charge in [-0.05, 0) is 55.3 Å². The second kappa shape index (κ2) is 13.0. The summed E-state index contributed by atoms with van der Waals surface area (Å²) in [6.45, 7) is 8.94. The Morgan fingerprint density at radius 1 is 1.00 bits per heavy atom. The van der Waals surface area contributed by atoms with Gasteiger partial charge in [-0.25, -0.2) is 13.4 Å². The third-order valence-corrected chi connectivity index (χ3v) is 9.42. The molecule has 2 N–H and O–H groups in total. The molecular formula is C29H34ClN5O3S2. The quantitative estimate of drug-likeness (QED) is 0.283. The van der Waals surface area contributed by atoms with Crippen molar-refractivity contribution in [3.63, 3.8) is 0 Å². The molecule has 0 saturated carbocycles. The zero-order chi connectivity index (χ0) is 27.4. The van der Waals surface area contributed by atoms with Gasteiger partial charge in [0.15, 0.2) is 5.13 Å². The van der Waals surface area contributed by atoms with Gasteiger partial charge in [-0.3, -0.25) is 14.4 Å². The van der Waals surface area contributed by atoms with Crippen molar-refractivity contribution in [2.45, 2.75) is 25.2 Å². The number of rotatable bonds is 9. The van der Waals surface area contributed by atoms with Gasteiger partial charge in [-0.1, -0.05) is 54.2 Å². The van der Waals surface area contributed by atoms with Crippen molar-refractivity contribution in [1.29, 1.82) is 0 Å². The Hall–Kier alpha value is -3.18. The zero-order valence-electron chi connectivity index (χ0n) is 22.6. The van der Waals surface area contributed by atoms with E-state index in [-0.39, 0.29) is 23.2 Å². The van der Waals surface area contributed by atoms with Crippen molar-refractivity contribution in [2.75, 3.05) is 48.9 Å². The van der Waals surface area contributed by atoms with Crippen LogP contribution in [-0.4, -0.2) is 63.5 Å². The van der Waals surface area contributed by atoms with Crippen LogP contribution in [0.15, 0.2) is 71.6 Å². The highest BCUT2D eigenvalue weighted by molar-refractivity contribution is 7.92. The summed E-state index contributed by atoms with van der Waals surface area (Å²) in [4.78, 5) is 22.6. The summed E-state index contributed by atoms with van der Waals surface area (Å²) in [6.07, 6.45) is 0.980. The maximum absolute atomic E-state index is 12.8. The van der Waals surface area contributed by atoms with Crippen molar-refractivity contribution in [3.05, 3.63) is 83.4 Å². The Bertz CT molecular complexity index is 1570. The first kappa shape index (κ1) is 29.8. The predicted molar refractivity (Wildman–Crippen MR) is 166 cm³/mol. The second-order valence-corrected chi connectivity index (χ2v) is 12.4. The van der Waals surface area contributed by atoms with Crippen molar-refractivity contribution < 1.29 is 13.2 Å². The molecule has 2 heterocycles. The largest absolute Gasteiger partial charge is 0.351 e. The Morgan fingerprint density at radius 3 is 2.45 bits per heavy atom. The summed E-state index contributed by atoms with van der Waals surface area (Å²) in [6, 6.07) is 19.6. The average molecular weight is 600 g/mol. The van der Waals surface area contributed by atoms with Gasteiger partial charge in [0.2, 0.25) is 0 Å². The Labute approximate surface area is 245 Å². The number of amides is 1. The van der Waals surface area contributed by atoms with Crippen LogP contribution in [-0.2, 0) is 16.4 Å². The molecule has 0 aliphatic carbocycles. The van der Waals surface area contributed by atoms with Gasteiger partial charge in [0.1, 0.15) is 0 Å². The molecule has 0 atom stereocenters. The van der Waals surface area contributed by atoms with Crippen LogP contribution in [0.1, 0.15) is 28.4 Å². The Morgan fingerprint density at radius 2 is 1.73 bits per heavy atom. The van der Waals surface area contributed by atoms with Crippen molar-refractivity contribution in [3.8, 4) is 0 Å². The molecule has 0 bridgehead atoms. The third-order valence-electron chi connectivity index (χ3n) is 6.94. The van der Waals surface area contributed by atoms with Gasteiger partial charge in [0, 0.05) is 50.5 Å². The minimum atomic E-state index is -3.74. The number of nitrogens with zero attached hydrogens (tertiary/aromatic N) is 3. The van der Waals surface area contributed by atoms with Gasteiger partial charge in [-0.15, -0.1) is 12.4 Å². The van der Waals surface area contributed by atoms with Crippen LogP contribution in [0.5, 0.6) is 0 Å². The van der Waals surface area contributed by atoms with Crippen LogP contribution in [0.4, 0.5) is 10.8 Å². The highest BCUT2D eigenvalue weighted by Crippen LogP contribution is 2.31. The fraction of sp³-hybridized carbons (Fsp3) is 0.310. The van der Waals surface area contributed by atoms with Crippen molar-refractivity contribution in [2.24, 2.45) is 0 Å². The summed E-state index contributed by atoms with van der Waals surface area (Å²) in [5.41, 5.74) is 4.15. The molecule has 212 valence electrons. The van der Waals surface area contributed by atoms with Crippen LogP contribution >= 0.6 is 23.7 Å². The molecule has 3 aromatic carbocycles. The topological polar surface area (TPSA) is 94.6 Å². The number of piperazine rings is 1. The maximum Gasteiger partial charge on any atom is 0.261 e. The van der Waals surface area contributed by atoms with Crippen LogP contribution in [0.2, 0.25) is 0 Å². The minimum absolute atomic E-state index is 0. The molecule has 1 aliphatic heterocycles. The second-order valence-electron chi connectivity index (χ2n) is 9.70. The number of nitrogens with one attached hydrogen (secondary N) is 2. The summed E-state index contributed by atoms with van der Waals surface area (Å²) < 4.78 is 29.2. The lowest BCUT2D eigenvalue weighted by Crippen LogP contribution is -2.48. The number of thiazole rings is 1. The maximum atomic E-state index is 12.8. The molecule has 1 aliphatic rings. The van der Waals surface area contributed by atoms with Gasteiger partial charge < -0.3 is 10.2 Å². The number of aromatic nitrogens is 1.